The molecule has 37 heavy (non-hydrogen) atoms. The molecular formula is C30H19N3O4. The van der Waals surface area contributed by atoms with Gasteiger partial charge in [-0.05, 0) is 85.6 Å². The van der Waals surface area contributed by atoms with Crippen LogP contribution in [-0.2, 0) is 0 Å². The SMILES string of the molecule is Cc1ccc2oc(-c3cccc(N4C(=O)c5ccc(-c6nc7cc(C)ccc7o6)cc5C4=O)c3)nc2c1. The van der Waals surface area contributed by atoms with Gasteiger partial charge < -0.3 is 8.83 Å². The first-order valence-electron chi connectivity index (χ1n) is 11.8. The van der Waals surface area contributed by atoms with Gasteiger partial charge in [-0.3, -0.25) is 9.59 Å². The Morgan fingerprint density at radius 2 is 1.22 bits per heavy atom. The van der Waals surface area contributed by atoms with Crippen LogP contribution in [0.4, 0.5) is 5.69 Å². The molecule has 0 saturated heterocycles. The van der Waals surface area contributed by atoms with Gasteiger partial charge in [-0.1, -0.05) is 18.2 Å². The molecule has 1 aliphatic rings. The molecule has 0 radical (unpaired) electrons. The minimum Gasteiger partial charge on any atom is -0.436 e. The van der Waals surface area contributed by atoms with Gasteiger partial charge in [0.05, 0.1) is 16.8 Å². The van der Waals surface area contributed by atoms with Crippen LogP contribution in [0.1, 0.15) is 31.8 Å². The quantitative estimate of drug-likeness (QED) is 0.259. The minimum absolute atomic E-state index is 0.309. The number of imide groups is 1. The molecule has 1 aliphatic heterocycles. The van der Waals surface area contributed by atoms with Crippen LogP contribution in [0.15, 0.2) is 87.7 Å². The largest absolute Gasteiger partial charge is 0.436 e. The van der Waals surface area contributed by atoms with Gasteiger partial charge in [0.15, 0.2) is 11.2 Å². The van der Waals surface area contributed by atoms with E-state index in [9.17, 15) is 9.59 Å². The van der Waals surface area contributed by atoms with Gasteiger partial charge in [0.2, 0.25) is 11.8 Å². The number of hydrogen-bond donors (Lipinski definition) is 0. The third kappa shape index (κ3) is 3.36. The Morgan fingerprint density at radius 3 is 1.86 bits per heavy atom. The predicted molar refractivity (Wildman–Crippen MR) is 140 cm³/mol. The molecule has 0 bridgehead atoms. The number of aryl methyl sites for hydroxylation is 2. The Bertz CT molecular complexity index is 1910. The molecule has 0 saturated carbocycles. The van der Waals surface area contributed by atoms with Crippen LogP contribution in [0.3, 0.4) is 0 Å². The average Bonchev–Trinajstić information content (AvgIpc) is 3.58. The van der Waals surface area contributed by atoms with E-state index in [0.717, 1.165) is 22.2 Å². The number of anilines is 1. The minimum atomic E-state index is -0.404. The van der Waals surface area contributed by atoms with Gasteiger partial charge in [0.25, 0.3) is 11.8 Å². The Labute approximate surface area is 211 Å². The number of aromatic nitrogens is 2. The molecule has 178 valence electrons. The molecule has 6 aromatic rings. The van der Waals surface area contributed by atoms with E-state index in [-0.39, 0.29) is 5.91 Å². The number of amides is 2. The number of hydrogen-bond acceptors (Lipinski definition) is 6. The highest BCUT2D eigenvalue weighted by molar-refractivity contribution is 6.34. The highest BCUT2D eigenvalue weighted by atomic mass is 16.4. The summed E-state index contributed by atoms with van der Waals surface area (Å²) in [5, 5.41) is 0. The molecule has 7 heteroatoms. The Morgan fingerprint density at radius 1 is 0.622 bits per heavy atom. The standard InChI is InChI=1S/C30H19N3O4/c1-16-6-10-25-23(12-16)31-27(36-25)18-4-3-5-20(14-18)33-29(34)21-9-8-19(15-22(21)30(33)35)28-32-24-13-17(2)7-11-26(24)37-28/h3-15H,1-2H3. The summed E-state index contributed by atoms with van der Waals surface area (Å²) in [4.78, 5) is 37.1. The summed E-state index contributed by atoms with van der Waals surface area (Å²) in [6, 6.07) is 23.7. The van der Waals surface area contributed by atoms with E-state index in [1.165, 1.54) is 4.90 Å². The fraction of sp³-hybridized carbons (Fsp3) is 0.0667. The molecule has 2 aromatic heterocycles. The summed E-state index contributed by atoms with van der Waals surface area (Å²) in [5.41, 5.74) is 7.38. The summed E-state index contributed by atoms with van der Waals surface area (Å²) in [5.74, 6) is 0.0343. The topological polar surface area (TPSA) is 89.4 Å². The maximum atomic E-state index is 13.4. The van der Waals surface area contributed by atoms with Gasteiger partial charge in [-0.2, -0.15) is 0 Å². The number of carbonyl (C=O) groups excluding carboxylic acids is 2. The lowest BCUT2D eigenvalue weighted by Gasteiger charge is -2.14. The summed E-state index contributed by atoms with van der Waals surface area (Å²) < 4.78 is 11.8. The van der Waals surface area contributed by atoms with Crippen molar-refractivity contribution in [3.05, 3.63) is 101 Å². The number of carbonyl (C=O) groups is 2. The number of oxazole rings is 2. The molecular weight excluding hydrogens is 466 g/mol. The first-order chi connectivity index (χ1) is 17.9. The van der Waals surface area contributed by atoms with Crippen molar-refractivity contribution in [2.45, 2.75) is 13.8 Å². The molecule has 0 N–H and O–H groups in total. The monoisotopic (exact) mass is 485 g/mol. The summed E-state index contributed by atoms with van der Waals surface area (Å²) in [6.45, 7) is 3.98. The molecule has 2 amide bonds. The van der Waals surface area contributed by atoms with Gasteiger partial charge >= 0.3 is 0 Å². The molecule has 0 aliphatic carbocycles. The van der Waals surface area contributed by atoms with Crippen molar-refractivity contribution in [3.63, 3.8) is 0 Å². The molecule has 0 spiro atoms. The second-order valence-corrected chi connectivity index (χ2v) is 9.24. The maximum absolute atomic E-state index is 13.4. The van der Waals surface area contributed by atoms with Crippen molar-refractivity contribution in [1.82, 2.24) is 9.97 Å². The first kappa shape index (κ1) is 21.3. The van der Waals surface area contributed by atoms with Gasteiger partial charge in [-0.15, -0.1) is 0 Å². The van der Waals surface area contributed by atoms with Gasteiger partial charge in [0, 0.05) is 11.1 Å². The Hall–Kier alpha value is -5.04. The van der Waals surface area contributed by atoms with E-state index in [0.29, 0.717) is 50.9 Å². The van der Waals surface area contributed by atoms with E-state index in [2.05, 4.69) is 9.97 Å². The molecule has 7 nitrogen and oxygen atoms in total. The lowest BCUT2D eigenvalue weighted by atomic mass is 10.1. The van der Waals surface area contributed by atoms with Crippen LogP contribution in [0, 0.1) is 13.8 Å². The predicted octanol–water partition coefficient (Wildman–Crippen LogP) is 6.72. The number of nitrogens with zero attached hydrogens (tertiary/aromatic N) is 3. The average molecular weight is 485 g/mol. The second-order valence-electron chi connectivity index (χ2n) is 9.24. The molecule has 0 atom stereocenters. The van der Waals surface area contributed by atoms with Crippen molar-refractivity contribution < 1.29 is 18.4 Å². The van der Waals surface area contributed by atoms with Crippen LogP contribution < -0.4 is 4.90 Å². The lowest BCUT2D eigenvalue weighted by Crippen LogP contribution is -2.29. The second kappa shape index (κ2) is 7.73. The number of fused-ring (bicyclic) bond motifs is 3. The zero-order valence-corrected chi connectivity index (χ0v) is 20.0. The smallest absolute Gasteiger partial charge is 0.266 e. The van der Waals surface area contributed by atoms with Crippen molar-refractivity contribution >= 4 is 39.7 Å². The van der Waals surface area contributed by atoms with Crippen LogP contribution in [0.25, 0.3) is 45.1 Å². The van der Waals surface area contributed by atoms with E-state index >= 15 is 0 Å². The zero-order valence-electron chi connectivity index (χ0n) is 20.0. The molecule has 7 rings (SSSR count). The van der Waals surface area contributed by atoms with Crippen LogP contribution in [0.2, 0.25) is 0 Å². The molecule has 0 fully saturated rings. The highest BCUT2D eigenvalue weighted by Crippen LogP contribution is 2.34. The Balaban J connectivity index is 1.25. The molecule has 4 aromatic carbocycles. The van der Waals surface area contributed by atoms with E-state index in [1.54, 1.807) is 36.4 Å². The van der Waals surface area contributed by atoms with Crippen LogP contribution in [0.5, 0.6) is 0 Å². The summed E-state index contributed by atoms with van der Waals surface area (Å²) >= 11 is 0. The van der Waals surface area contributed by atoms with Crippen molar-refractivity contribution in [2.75, 3.05) is 4.90 Å². The zero-order chi connectivity index (χ0) is 25.3. The maximum Gasteiger partial charge on any atom is 0.266 e. The third-order valence-electron chi connectivity index (χ3n) is 6.57. The van der Waals surface area contributed by atoms with E-state index in [4.69, 9.17) is 8.83 Å². The van der Waals surface area contributed by atoms with Crippen molar-refractivity contribution in [3.8, 4) is 22.9 Å². The lowest BCUT2D eigenvalue weighted by molar-refractivity contribution is 0.0926. The normalized spacial score (nSPS) is 13.2. The van der Waals surface area contributed by atoms with E-state index < -0.39 is 5.91 Å². The third-order valence-corrected chi connectivity index (χ3v) is 6.57. The van der Waals surface area contributed by atoms with Crippen molar-refractivity contribution in [1.29, 1.82) is 0 Å². The molecule has 0 unspecified atom stereocenters. The van der Waals surface area contributed by atoms with Gasteiger partial charge in [-0.25, -0.2) is 14.9 Å². The fourth-order valence-corrected chi connectivity index (χ4v) is 4.71. The Kier molecular flexibility index (Phi) is 4.44. The first-order valence-corrected chi connectivity index (χ1v) is 11.8. The van der Waals surface area contributed by atoms with Gasteiger partial charge in [0.1, 0.15) is 11.0 Å². The number of rotatable bonds is 3. The van der Waals surface area contributed by atoms with E-state index in [1.807, 2.05) is 56.3 Å². The molecule has 3 heterocycles. The number of benzene rings is 4. The summed E-state index contributed by atoms with van der Waals surface area (Å²) in [6.07, 6.45) is 0. The van der Waals surface area contributed by atoms with Crippen LogP contribution in [-0.4, -0.2) is 21.8 Å². The fourth-order valence-electron chi connectivity index (χ4n) is 4.71. The van der Waals surface area contributed by atoms with Crippen molar-refractivity contribution in [2.24, 2.45) is 0 Å². The highest BCUT2D eigenvalue weighted by Gasteiger charge is 2.37. The summed E-state index contributed by atoms with van der Waals surface area (Å²) in [7, 11) is 0. The van der Waals surface area contributed by atoms with Crippen LogP contribution >= 0.6 is 0 Å².